The number of rotatable bonds is 7. The standard InChI is InChI=1S/C25H31N5O3/c1-33-21-14-17(23(26)27)9-10-18(21)15-29-24(31)20-8-5-13-30(20)25(32)22-19(11-12-28-22)16-6-3-2-4-7-16/h2-4,6-7,9-10,14,19-20,22,28H,5,8,11-13,15H2,1H3,(H3,26,27)(H,29,31)/t19?,20-,22-/m0/s1. The Labute approximate surface area is 194 Å². The van der Waals surface area contributed by atoms with E-state index in [2.05, 4.69) is 22.8 Å². The number of nitrogens with two attached hydrogens (primary N) is 1. The Morgan fingerprint density at radius 2 is 2.00 bits per heavy atom. The van der Waals surface area contributed by atoms with Crippen molar-refractivity contribution in [3.63, 3.8) is 0 Å². The predicted molar refractivity (Wildman–Crippen MR) is 126 cm³/mol. The van der Waals surface area contributed by atoms with E-state index >= 15 is 0 Å². The molecule has 8 heteroatoms. The van der Waals surface area contributed by atoms with Crippen LogP contribution in [0.5, 0.6) is 5.75 Å². The number of nitrogen functional groups attached to an aromatic ring is 1. The normalized spacial score (nSPS) is 22.2. The molecule has 0 spiro atoms. The highest BCUT2D eigenvalue weighted by molar-refractivity contribution is 5.95. The minimum atomic E-state index is -0.473. The maximum absolute atomic E-state index is 13.5. The van der Waals surface area contributed by atoms with Crippen LogP contribution in [0.25, 0.3) is 0 Å². The summed E-state index contributed by atoms with van der Waals surface area (Å²) in [6.07, 6.45) is 2.37. The number of amidine groups is 1. The van der Waals surface area contributed by atoms with Crippen molar-refractivity contribution in [2.45, 2.75) is 43.8 Å². The van der Waals surface area contributed by atoms with Gasteiger partial charge in [-0.15, -0.1) is 0 Å². The monoisotopic (exact) mass is 449 g/mol. The maximum Gasteiger partial charge on any atom is 0.243 e. The van der Waals surface area contributed by atoms with Crippen molar-refractivity contribution in [1.82, 2.24) is 15.5 Å². The highest BCUT2D eigenvalue weighted by Crippen LogP contribution is 2.31. The molecule has 1 unspecified atom stereocenters. The summed E-state index contributed by atoms with van der Waals surface area (Å²) in [6.45, 7) is 1.65. The molecule has 0 aromatic heterocycles. The highest BCUT2D eigenvalue weighted by Gasteiger charge is 2.41. The van der Waals surface area contributed by atoms with E-state index in [1.807, 2.05) is 18.2 Å². The molecule has 0 saturated carbocycles. The van der Waals surface area contributed by atoms with Crippen LogP contribution in [-0.2, 0) is 16.1 Å². The van der Waals surface area contributed by atoms with Crippen molar-refractivity contribution < 1.29 is 14.3 Å². The molecular weight excluding hydrogens is 418 g/mol. The number of hydrogen-bond acceptors (Lipinski definition) is 5. The molecule has 2 saturated heterocycles. The van der Waals surface area contributed by atoms with E-state index in [0.29, 0.717) is 24.3 Å². The van der Waals surface area contributed by atoms with E-state index in [4.69, 9.17) is 15.9 Å². The van der Waals surface area contributed by atoms with Crippen molar-refractivity contribution >= 4 is 17.6 Å². The lowest BCUT2D eigenvalue weighted by molar-refractivity contribution is -0.140. The topological polar surface area (TPSA) is 121 Å². The van der Waals surface area contributed by atoms with Gasteiger partial charge in [-0.1, -0.05) is 42.5 Å². The van der Waals surface area contributed by atoms with Crippen LogP contribution in [0.2, 0.25) is 0 Å². The van der Waals surface area contributed by atoms with Gasteiger partial charge in [-0.3, -0.25) is 15.0 Å². The first-order chi connectivity index (χ1) is 16.0. The summed E-state index contributed by atoms with van der Waals surface area (Å²) >= 11 is 0. The van der Waals surface area contributed by atoms with Gasteiger partial charge in [0.1, 0.15) is 17.6 Å². The summed E-state index contributed by atoms with van der Waals surface area (Å²) < 4.78 is 5.40. The predicted octanol–water partition coefficient (Wildman–Crippen LogP) is 1.73. The molecule has 2 amide bonds. The number of methoxy groups -OCH3 is 1. The molecule has 2 aromatic carbocycles. The Morgan fingerprint density at radius 1 is 1.21 bits per heavy atom. The summed E-state index contributed by atoms with van der Waals surface area (Å²) in [6, 6.07) is 14.5. The molecule has 3 atom stereocenters. The summed E-state index contributed by atoms with van der Waals surface area (Å²) in [5, 5.41) is 13.9. The van der Waals surface area contributed by atoms with E-state index < -0.39 is 6.04 Å². The van der Waals surface area contributed by atoms with E-state index in [1.54, 1.807) is 30.2 Å². The van der Waals surface area contributed by atoms with Crippen molar-refractivity contribution in [2.24, 2.45) is 5.73 Å². The Kier molecular flexibility index (Phi) is 6.93. The number of likely N-dealkylation sites (tertiary alicyclic amines) is 1. The maximum atomic E-state index is 13.5. The van der Waals surface area contributed by atoms with Crippen LogP contribution in [0, 0.1) is 5.41 Å². The van der Waals surface area contributed by atoms with Gasteiger partial charge in [0.2, 0.25) is 11.8 Å². The van der Waals surface area contributed by atoms with Gasteiger partial charge in [-0.2, -0.15) is 0 Å². The zero-order chi connectivity index (χ0) is 23.4. The number of hydrogen-bond donors (Lipinski definition) is 4. The smallest absolute Gasteiger partial charge is 0.243 e. The van der Waals surface area contributed by atoms with Crippen LogP contribution >= 0.6 is 0 Å². The van der Waals surface area contributed by atoms with Crippen LogP contribution in [0.3, 0.4) is 0 Å². The summed E-state index contributed by atoms with van der Waals surface area (Å²) in [7, 11) is 1.54. The first-order valence-corrected chi connectivity index (χ1v) is 11.4. The molecule has 174 valence electrons. The van der Waals surface area contributed by atoms with Gasteiger partial charge in [0.05, 0.1) is 13.2 Å². The number of carbonyl (C=O) groups excluding carboxylic acids is 2. The molecule has 0 bridgehead atoms. The largest absolute Gasteiger partial charge is 0.496 e. The number of nitrogens with zero attached hydrogens (tertiary/aromatic N) is 1. The molecule has 2 heterocycles. The molecule has 8 nitrogen and oxygen atoms in total. The fourth-order valence-corrected chi connectivity index (χ4v) is 4.86. The van der Waals surface area contributed by atoms with Crippen molar-refractivity contribution in [2.75, 3.05) is 20.2 Å². The zero-order valence-electron chi connectivity index (χ0n) is 18.8. The molecule has 2 aliphatic rings. The SMILES string of the molecule is COc1cc(C(=N)N)ccc1CNC(=O)[C@@H]1CCCN1C(=O)[C@H]1NCCC1c1ccccc1. The summed E-state index contributed by atoms with van der Waals surface area (Å²) in [5.41, 5.74) is 8.05. The molecule has 2 fully saturated rings. The Bertz CT molecular complexity index is 1030. The summed E-state index contributed by atoms with van der Waals surface area (Å²) in [4.78, 5) is 28.2. The van der Waals surface area contributed by atoms with Crippen molar-refractivity contribution in [3.8, 4) is 5.75 Å². The highest BCUT2D eigenvalue weighted by atomic mass is 16.5. The first kappa shape index (κ1) is 22.8. The molecule has 4 rings (SSSR count). The third-order valence-corrected chi connectivity index (χ3v) is 6.61. The van der Waals surface area contributed by atoms with E-state index in [9.17, 15) is 9.59 Å². The number of carbonyl (C=O) groups is 2. The molecule has 2 aromatic rings. The van der Waals surface area contributed by atoms with E-state index in [-0.39, 0.29) is 36.2 Å². The third kappa shape index (κ3) is 4.85. The lowest BCUT2D eigenvalue weighted by Crippen LogP contribution is -2.52. The number of benzene rings is 2. The average Bonchev–Trinajstić information content (AvgIpc) is 3.52. The van der Waals surface area contributed by atoms with Gasteiger partial charge in [-0.05, 0) is 37.4 Å². The second kappa shape index (κ2) is 10.0. The van der Waals surface area contributed by atoms with E-state index in [1.165, 1.54) is 0 Å². The Balaban J connectivity index is 1.42. The molecule has 0 aliphatic carbocycles. The summed E-state index contributed by atoms with van der Waals surface area (Å²) in [5.74, 6) is 0.476. The van der Waals surface area contributed by atoms with Crippen molar-refractivity contribution in [3.05, 3.63) is 65.2 Å². The zero-order valence-corrected chi connectivity index (χ0v) is 18.8. The molecule has 5 N–H and O–H groups in total. The lowest BCUT2D eigenvalue weighted by atomic mass is 9.91. The molecule has 2 aliphatic heterocycles. The van der Waals surface area contributed by atoms with Gasteiger partial charge in [-0.25, -0.2) is 0 Å². The molecular formula is C25H31N5O3. The fraction of sp³-hybridized carbons (Fsp3) is 0.400. The number of nitrogens with one attached hydrogen (secondary N) is 3. The fourth-order valence-electron chi connectivity index (χ4n) is 4.86. The molecule has 33 heavy (non-hydrogen) atoms. The minimum absolute atomic E-state index is 0.00222. The van der Waals surface area contributed by atoms with E-state index in [0.717, 1.165) is 30.5 Å². The Morgan fingerprint density at radius 3 is 2.73 bits per heavy atom. The van der Waals surface area contributed by atoms with Gasteiger partial charge in [0.25, 0.3) is 0 Å². The van der Waals surface area contributed by atoms with Crippen LogP contribution in [0.15, 0.2) is 48.5 Å². The van der Waals surface area contributed by atoms with Gasteiger partial charge in [0.15, 0.2) is 0 Å². The third-order valence-electron chi connectivity index (χ3n) is 6.61. The number of ether oxygens (including phenoxy) is 1. The minimum Gasteiger partial charge on any atom is -0.496 e. The van der Waals surface area contributed by atoms with Crippen molar-refractivity contribution in [1.29, 1.82) is 5.41 Å². The number of amides is 2. The van der Waals surface area contributed by atoms with Crippen LogP contribution in [-0.4, -0.2) is 54.8 Å². The van der Waals surface area contributed by atoms with Gasteiger partial charge < -0.3 is 26.0 Å². The second-order valence-corrected chi connectivity index (χ2v) is 8.59. The first-order valence-electron chi connectivity index (χ1n) is 11.4. The van der Waals surface area contributed by atoms with Crippen LogP contribution in [0.4, 0.5) is 0 Å². The molecule has 0 radical (unpaired) electrons. The lowest BCUT2D eigenvalue weighted by Gasteiger charge is -2.29. The van der Waals surface area contributed by atoms with Gasteiger partial charge >= 0.3 is 0 Å². The van der Waals surface area contributed by atoms with Gasteiger partial charge in [0, 0.05) is 30.1 Å². The average molecular weight is 450 g/mol. The van der Waals surface area contributed by atoms with Crippen LogP contribution in [0.1, 0.15) is 41.9 Å². The van der Waals surface area contributed by atoms with Crippen LogP contribution < -0.4 is 21.1 Å². The quantitative estimate of drug-likeness (QED) is 0.379. The Hall–Kier alpha value is -3.39. The second-order valence-electron chi connectivity index (χ2n) is 8.59.